The summed E-state index contributed by atoms with van der Waals surface area (Å²) in [4.78, 5) is 16.2. The van der Waals surface area contributed by atoms with Crippen molar-refractivity contribution in [1.82, 2.24) is 10.3 Å². The molecule has 1 amide bonds. The first kappa shape index (κ1) is 13.6. The van der Waals surface area contributed by atoms with E-state index in [1.54, 1.807) is 6.07 Å². The molecule has 1 heterocycles. The minimum Gasteiger partial charge on any atom is -0.344 e. The second-order valence-electron chi connectivity index (χ2n) is 4.41. The quantitative estimate of drug-likeness (QED) is 0.930. The molecule has 1 N–H and O–H groups in total. The van der Waals surface area contributed by atoms with E-state index in [2.05, 4.69) is 10.3 Å². The van der Waals surface area contributed by atoms with Crippen LogP contribution in [0.1, 0.15) is 34.7 Å². The van der Waals surface area contributed by atoms with Crippen LogP contribution in [-0.4, -0.2) is 10.9 Å². The summed E-state index contributed by atoms with van der Waals surface area (Å²) in [5.74, 6) is -0.175. The first-order valence-electron chi connectivity index (χ1n) is 6.06. The van der Waals surface area contributed by atoms with Crippen molar-refractivity contribution in [2.24, 2.45) is 0 Å². The van der Waals surface area contributed by atoms with Gasteiger partial charge >= 0.3 is 0 Å². The average Bonchev–Trinajstić information content (AvgIpc) is 2.39. The van der Waals surface area contributed by atoms with Gasteiger partial charge in [0.05, 0.1) is 6.04 Å². The number of nitrogens with one attached hydrogen (secondary N) is 1. The zero-order chi connectivity index (χ0) is 13.8. The molecule has 1 atom stereocenters. The van der Waals surface area contributed by atoms with E-state index in [4.69, 9.17) is 11.6 Å². The predicted octanol–water partition coefficient (Wildman–Crippen LogP) is 3.53. The van der Waals surface area contributed by atoms with Crippen LogP contribution < -0.4 is 5.32 Å². The third-order valence-corrected chi connectivity index (χ3v) is 3.09. The molecule has 0 aliphatic rings. The zero-order valence-electron chi connectivity index (χ0n) is 10.9. The Morgan fingerprint density at radius 2 is 1.89 bits per heavy atom. The Kier molecular flexibility index (Phi) is 4.17. The molecule has 2 rings (SSSR count). The monoisotopic (exact) mass is 274 g/mol. The highest BCUT2D eigenvalue weighted by molar-refractivity contribution is 6.30. The molecule has 2 aromatic rings. The van der Waals surface area contributed by atoms with Crippen LogP contribution in [0.4, 0.5) is 0 Å². The van der Waals surface area contributed by atoms with Crippen molar-refractivity contribution in [2.75, 3.05) is 0 Å². The van der Waals surface area contributed by atoms with Crippen molar-refractivity contribution in [3.05, 3.63) is 64.4 Å². The van der Waals surface area contributed by atoms with Crippen LogP contribution in [0.5, 0.6) is 0 Å². The van der Waals surface area contributed by atoms with Gasteiger partial charge in [-0.25, -0.2) is 4.98 Å². The largest absolute Gasteiger partial charge is 0.344 e. The molecule has 98 valence electrons. The Labute approximate surface area is 117 Å². The van der Waals surface area contributed by atoms with Gasteiger partial charge in [0.2, 0.25) is 0 Å². The topological polar surface area (TPSA) is 42.0 Å². The molecule has 1 unspecified atom stereocenters. The van der Waals surface area contributed by atoms with E-state index >= 15 is 0 Å². The van der Waals surface area contributed by atoms with Gasteiger partial charge in [-0.05, 0) is 43.7 Å². The molecule has 0 spiro atoms. The summed E-state index contributed by atoms with van der Waals surface area (Å²) in [5, 5.41) is 3.60. The summed E-state index contributed by atoms with van der Waals surface area (Å²) in [5.41, 5.74) is 2.26. The van der Waals surface area contributed by atoms with Crippen LogP contribution in [0.3, 0.4) is 0 Å². The van der Waals surface area contributed by atoms with Crippen LogP contribution >= 0.6 is 11.6 Å². The van der Waals surface area contributed by atoms with Crippen LogP contribution in [0.15, 0.2) is 42.5 Å². The molecule has 0 radical (unpaired) electrons. The van der Waals surface area contributed by atoms with Crippen molar-refractivity contribution in [1.29, 1.82) is 0 Å². The summed E-state index contributed by atoms with van der Waals surface area (Å²) < 4.78 is 0. The molecule has 0 saturated carbocycles. The van der Waals surface area contributed by atoms with Gasteiger partial charge in [-0.3, -0.25) is 4.79 Å². The Hall–Kier alpha value is -1.87. The fourth-order valence-corrected chi connectivity index (χ4v) is 1.90. The minimum absolute atomic E-state index is 0.0907. The van der Waals surface area contributed by atoms with E-state index in [1.807, 2.05) is 50.2 Å². The van der Waals surface area contributed by atoms with Crippen molar-refractivity contribution in [3.63, 3.8) is 0 Å². The molecule has 3 nitrogen and oxygen atoms in total. The Morgan fingerprint density at radius 3 is 2.53 bits per heavy atom. The highest BCUT2D eigenvalue weighted by atomic mass is 35.5. The smallest absolute Gasteiger partial charge is 0.270 e. The zero-order valence-corrected chi connectivity index (χ0v) is 11.6. The average molecular weight is 275 g/mol. The standard InChI is InChI=1S/C15H15ClN2O/c1-10-4-3-5-14(17-10)15(19)18-11(2)12-6-8-13(16)9-7-12/h3-9,11H,1-2H3,(H,18,19). The number of aryl methyl sites for hydroxylation is 1. The molecular weight excluding hydrogens is 260 g/mol. The maximum atomic E-state index is 12.0. The number of rotatable bonds is 3. The molecule has 1 aromatic heterocycles. The highest BCUT2D eigenvalue weighted by Crippen LogP contribution is 2.16. The van der Waals surface area contributed by atoms with Gasteiger partial charge in [0.15, 0.2) is 0 Å². The number of aromatic nitrogens is 1. The molecule has 0 fully saturated rings. The van der Waals surface area contributed by atoms with Crippen LogP contribution in [0, 0.1) is 6.92 Å². The SMILES string of the molecule is Cc1cccc(C(=O)NC(C)c2ccc(Cl)cc2)n1. The summed E-state index contributed by atoms with van der Waals surface area (Å²) in [7, 11) is 0. The lowest BCUT2D eigenvalue weighted by Crippen LogP contribution is -2.27. The third kappa shape index (κ3) is 3.55. The number of hydrogen-bond donors (Lipinski definition) is 1. The second kappa shape index (κ2) is 5.85. The van der Waals surface area contributed by atoms with Crippen LogP contribution in [0.25, 0.3) is 0 Å². The fraction of sp³-hybridized carbons (Fsp3) is 0.200. The van der Waals surface area contributed by atoms with E-state index in [-0.39, 0.29) is 11.9 Å². The van der Waals surface area contributed by atoms with E-state index in [9.17, 15) is 4.79 Å². The van der Waals surface area contributed by atoms with Gasteiger partial charge in [-0.1, -0.05) is 29.8 Å². The second-order valence-corrected chi connectivity index (χ2v) is 4.85. The normalized spacial score (nSPS) is 11.9. The van der Waals surface area contributed by atoms with Crippen molar-refractivity contribution >= 4 is 17.5 Å². The summed E-state index contributed by atoms with van der Waals surface area (Å²) in [6.07, 6.45) is 0. The van der Waals surface area contributed by atoms with Gasteiger partial charge in [0, 0.05) is 10.7 Å². The Balaban J connectivity index is 2.08. The third-order valence-electron chi connectivity index (χ3n) is 2.84. The predicted molar refractivity (Wildman–Crippen MR) is 76.3 cm³/mol. The lowest BCUT2D eigenvalue weighted by atomic mass is 10.1. The van der Waals surface area contributed by atoms with Gasteiger partial charge in [0.1, 0.15) is 5.69 Å². The molecule has 0 aliphatic carbocycles. The summed E-state index contributed by atoms with van der Waals surface area (Å²) in [6.45, 7) is 3.79. The van der Waals surface area contributed by atoms with E-state index < -0.39 is 0 Å². The minimum atomic E-state index is -0.175. The molecule has 19 heavy (non-hydrogen) atoms. The van der Waals surface area contributed by atoms with Gasteiger partial charge in [0.25, 0.3) is 5.91 Å². The number of nitrogens with zero attached hydrogens (tertiary/aromatic N) is 1. The van der Waals surface area contributed by atoms with Crippen molar-refractivity contribution in [3.8, 4) is 0 Å². The molecule has 1 aromatic carbocycles. The summed E-state index contributed by atoms with van der Waals surface area (Å²) >= 11 is 5.84. The molecule has 4 heteroatoms. The highest BCUT2D eigenvalue weighted by Gasteiger charge is 2.12. The molecular formula is C15H15ClN2O. The lowest BCUT2D eigenvalue weighted by Gasteiger charge is -2.14. The maximum absolute atomic E-state index is 12.0. The lowest BCUT2D eigenvalue weighted by molar-refractivity contribution is 0.0934. The number of hydrogen-bond acceptors (Lipinski definition) is 2. The van der Waals surface area contributed by atoms with Crippen LogP contribution in [0.2, 0.25) is 5.02 Å². The molecule has 0 bridgehead atoms. The van der Waals surface area contributed by atoms with Crippen molar-refractivity contribution < 1.29 is 4.79 Å². The van der Waals surface area contributed by atoms with E-state index in [0.29, 0.717) is 10.7 Å². The number of halogens is 1. The summed E-state index contributed by atoms with van der Waals surface area (Å²) in [6, 6.07) is 12.7. The van der Waals surface area contributed by atoms with Gasteiger partial charge < -0.3 is 5.32 Å². The first-order chi connectivity index (χ1) is 9.06. The van der Waals surface area contributed by atoms with Gasteiger partial charge in [-0.15, -0.1) is 0 Å². The van der Waals surface area contributed by atoms with Gasteiger partial charge in [-0.2, -0.15) is 0 Å². The molecule has 0 saturated heterocycles. The Morgan fingerprint density at radius 1 is 1.21 bits per heavy atom. The first-order valence-corrected chi connectivity index (χ1v) is 6.44. The fourth-order valence-electron chi connectivity index (χ4n) is 1.77. The molecule has 0 aliphatic heterocycles. The number of benzene rings is 1. The maximum Gasteiger partial charge on any atom is 0.270 e. The van der Waals surface area contributed by atoms with Crippen LogP contribution in [-0.2, 0) is 0 Å². The number of amides is 1. The van der Waals surface area contributed by atoms with E-state index in [0.717, 1.165) is 11.3 Å². The number of carbonyl (C=O) groups excluding carboxylic acids is 1. The van der Waals surface area contributed by atoms with E-state index in [1.165, 1.54) is 0 Å². The van der Waals surface area contributed by atoms with Crippen molar-refractivity contribution in [2.45, 2.75) is 19.9 Å². The Bertz CT molecular complexity index is 581. The number of carbonyl (C=O) groups is 1. The number of pyridine rings is 1.